The van der Waals surface area contributed by atoms with Gasteiger partial charge >= 0.3 is 12.1 Å². The number of cyclic esters (lactones) is 1. The van der Waals surface area contributed by atoms with E-state index >= 15 is 0 Å². The smallest absolute Gasteiger partial charge is 0.411 e. The van der Waals surface area contributed by atoms with Crippen molar-refractivity contribution in [2.24, 2.45) is 0 Å². The highest BCUT2D eigenvalue weighted by molar-refractivity contribution is 5.91. The number of rotatable bonds is 8. The topological polar surface area (TPSA) is 81.2 Å². The average Bonchev–Trinajstić information content (AvgIpc) is 3.28. The van der Waals surface area contributed by atoms with E-state index in [9.17, 15) is 9.59 Å². The Kier molecular flexibility index (Phi) is 7.99. The Morgan fingerprint density at radius 1 is 0.955 bits per heavy atom. The lowest BCUT2D eigenvalue weighted by atomic mass is 9.93. The molecule has 3 heterocycles. The molecule has 0 aliphatic carbocycles. The summed E-state index contributed by atoms with van der Waals surface area (Å²) >= 11 is 0. The monoisotopic (exact) mass is 591 g/mol. The van der Waals surface area contributed by atoms with E-state index in [1.54, 1.807) is 18.1 Å². The molecule has 4 aromatic rings. The van der Waals surface area contributed by atoms with Crippen molar-refractivity contribution >= 4 is 17.9 Å². The predicted molar refractivity (Wildman–Crippen MR) is 170 cm³/mol. The number of aryl methyl sites for hydroxylation is 2. The molecule has 1 aromatic heterocycles. The standard InChI is InChI=1S/C36H37N3O5/c1-22-8-6-9-26(18-22)34-24(3)39(36(41)44-34)21-31-29(13-15-33(37-31)38-16-7-17-38)30-20-25(11-14-32(30)42-4)28-12-10-27(19-23(28)2)35(40)43-5/h6,8-15,18-20,24,34H,7,16-17,21H2,1-5H3/t24-,34-/m0/s1. The molecule has 2 atom stereocenters. The van der Waals surface area contributed by atoms with Crippen molar-refractivity contribution in [3.63, 3.8) is 0 Å². The molecule has 0 unspecified atom stereocenters. The Labute approximate surface area is 258 Å². The molecule has 226 valence electrons. The number of hydrogen-bond acceptors (Lipinski definition) is 7. The number of ether oxygens (including phenoxy) is 3. The van der Waals surface area contributed by atoms with Gasteiger partial charge in [-0.15, -0.1) is 0 Å². The van der Waals surface area contributed by atoms with Crippen LogP contribution in [0.2, 0.25) is 0 Å². The minimum atomic E-state index is -0.368. The largest absolute Gasteiger partial charge is 0.496 e. The van der Waals surface area contributed by atoms with Crippen LogP contribution in [0.4, 0.5) is 10.6 Å². The van der Waals surface area contributed by atoms with Gasteiger partial charge in [0.1, 0.15) is 17.7 Å². The van der Waals surface area contributed by atoms with Crippen LogP contribution in [0, 0.1) is 13.8 Å². The number of pyridine rings is 1. The zero-order chi connectivity index (χ0) is 31.0. The van der Waals surface area contributed by atoms with E-state index in [1.165, 1.54) is 7.11 Å². The molecule has 0 radical (unpaired) electrons. The van der Waals surface area contributed by atoms with E-state index in [2.05, 4.69) is 23.1 Å². The number of carbonyl (C=O) groups excluding carboxylic acids is 2. The fourth-order valence-electron chi connectivity index (χ4n) is 6.06. The van der Waals surface area contributed by atoms with Crippen LogP contribution in [0.15, 0.2) is 72.8 Å². The van der Waals surface area contributed by atoms with E-state index in [1.807, 2.05) is 69.3 Å². The summed E-state index contributed by atoms with van der Waals surface area (Å²) in [5.74, 6) is 1.23. The van der Waals surface area contributed by atoms with Crippen LogP contribution in [0.3, 0.4) is 0 Å². The molecule has 2 saturated heterocycles. The Balaban J connectivity index is 1.40. The van der Waals surface area contributed by atoms with Crippen molar-refractivity contribution in [1.29, 1.82) is 0 Å². The third kappa shape index (κ3) is 5.48. The van der Waals surface area contributed by atoms with Crippen molar-refractivity contribution in [2.45, 2.75) is 45.9 Å². The van der Waals surface area contributed by atoms with Gasteiger partial charge in [0.05, 0.1) is 38.1 Å². The van der Waals surface area contributed by atoms with Crippen molar-refractivity contribution < 1.29 is 23.8 Å². The maximum Gasteiger partial charge on any atom is 0.411 e. The SMILES string of the molecule is COC(=O)c1ccc(-c2ccc(OC)c(-c3ccc(N4CCC4)nc3CN3C(=O)O[C@H](c4cccc(C)c4)[C@@H]3C)c2)c(C)c1. The van der Waals surface area contributed by atoms with Gasteiger partial charge < -0.3 is 19.1 Å². The Morgan fingerprint density at radius 3 is 2.43 bits per heavy atom. The van der Waals surface area contributed by atoms with Crippen LogP contribution in [0.1, 0.15) is 52.2 Å². The van der Waals surface area contributed by atoms with E-state index < -0.39 is 0 Å². The van der Waals surface area contributed by atoms with Gasteiger partial charge in [0, 0.05) is 24.2 Å². The second-order valence-corrected chi connectivity index (χ2v) is 11.5. The lowest BCUT2D eigenvalue weighted by Crippen LogP contribution is -2.38. The van der Waals surface area contributed by atoms with Crippen molar-refractivity contribution in [3.8, 4) is 28.0 Å². The van der Waals surface area contributed by atoms with E-state index in [-0.39, 0.29) is 24.2 Å². The molecule has 2 fully saturated rings. The molecule has 8 nitrogen and oxygen atoms in total. The van der Waals surface area contributed by atoms with Gasteiger partial charge in [-0.3, -0.25) is 4.90 Å². The fourth-order valence-corrected chi connectivity index (χ4v) is 6.06. The first-order valence-corrected chi connectivity index (χ1v) is 14.9. The highest BCUT2D eigenvalue weighted by Gasteiger charge is 2.40. The van der Waals surface area contributed by atoms with Gasteiger partial charge in [0.15, 0.2) is 0 Å². The molecule has 1 amide bonds. The molecule has 8 heteroatoms. The predicted octanol–water partition coefficient (Wildman–Crippen LogP) is 7.12. The summed E-state index contributed by atoms with van der Waals surface area (Å²) in [6, 6.07) is 23.6. The summed E-state index contributed by atoms with van der Waals surface area (Å²) in [7, 11) is 3.04. The summed E-state index contributed by atoms with van der Waals surface area (Å²) in [5.41, 5.74) is 8.06. The lowest BCUT2D eigenvalue weighted by molar-refractivity contribution is 0.0600. The highest BCUT2D eigenvalue weighted by atomic mass is 16.6. The number of carbonyl (C=O) groups is 2. The number of aromatic nitrogens is 1. The summed E-state index contributed by atoms with van der Waals surface area (Å²) < 4.78 is 16.7. The molecule has 2 aliphatic heterocycles. The molecule has 3 aromatic carbocycles. The van der Waals surface area contributed by atoms with Gasteiger partial charge in [0.25, 0.3) is 0 Å². The number of amides is 1. The zero-order valence-electron chi connectivity index (χ0n) is 25.8. The van der Waals surface area contributed by atoms with E-state index in [0.29, 0.717) is 17.9 Å². The minimum Gasteiger partial charge on any atom is -0.496 e. The first kappa shape index (κ1) is 29.2. The number of benzene rings is 3. The maximum atomic E-state index is 13.3. The molecule has 0 N–H and O–H groups in total. The summed E-state index contributed by atoms with van der Waals surface area (Å²) in [6.45, 7) is 8.26. The number of hydrogen-bond donors (Lipinski definition) is 0. The zero-order valence-corrected chi connectivity index (χ0v) is 25.8. The average molecular weight is 592 g/mol. The van der Waals surface area contributed by atoms with Gasteiger partial charge in [-0.1, -0.05) is 42.0 Å². The van der Waals surface area contributed by atoms with Crippen molar-refractivity contribution in [3.05, 3.63) is 101 Å². The molecule has 0 saturated carbocycles. The second-order valence-electron chi connectivity index (χ2n) is 11.5. The van der Waals surface area contributed by atoms with Gasteiger partial charge in [0.2, 0.25) is 0 Å². The number of esters is 1. The Hall–Kier alpha value is -4.85. The Morgan fingerprint density at radius 2 is 1.75 bits per heavy atom. The molecule has 2 aliphatic rings. The van der Waals surface area contributed by atoms with Crippen LogP contribution < -0.4 is 9.64 Å². The maximum absolute atomic E-state index is 13.3. The normalized spacial score (nSPS) is 17.7. The van der Waals surface area contributed by atoms with Gasteiger partial charge in [-0.2, -0.15) is 0 Å². The third-order valence-corrected chi connectivity index (χ3v) is 8.67. The third-order valence-electron chi connectivity index (χ3n) is 8.67. The Bertz CT molecular complexity index is 1730. The van der Waals surface area contributed by atoms with Crippen molar-refractivity contribution in [1.82, 2.24) is 9.88 Å². The fraction of sp³-hybridized carbons (Fsp3) is 0.306. The van der Waals surface area contributed by atoms with E-state index in [4.69, 9.17) is 19.2 Å². The summed E-state index contributed by atoms with van der Waals surface area (Å²) in [5, 5.41) is 0. The van der Waals surface area contributed by atoms with Crippen LogP contribution >= 0.6 is 0 Å². The first-order valence-electron chi connectivity index (χ1n) is 14.9. The second kappa shape index (κ2) is 12.0. The quantitative estimate of drug-likeness (QED) is 0.202. The van der Waals surface area contributed by atoms with Crippen molar-refractivity contribution in [2.75, 3.05) is 32.2 Å². The molecule has 0 bridgehead atoms. The summed E-state index contributed by atoms with van der Waals surface area (Å²) in [6.07, 6.45) is 0.419. The molecular formula is C36H37N3O5. The van der Waals surface area contributed by atoms with E-state index in [0.717, 1.165) is 70.0 Å². The van der Waals surface area contributed by atoms with Crippen LogP contribution in [-0.4, -0.2) is 55.3 Å². The van der Waals surface area contributed by atoms with Crippen LogP contribution in [-0.2, 0) is 16.0 Å². The van der Waals surface area contributed by atoms with Gasteiger partial charge in [-0.05, 0) is 85.8 Å². The summed E-state index contributed by atoms with van der Waals surface area (Å²) in [4.78, 5) is 34.5. The lowest BCUT2D eigenvalue weighted by Gasteiger charge is -2.33. The van der Waals surface area contributed by atoms with Crippen LogP contribution in [0.25, 0.3) is 22.3 Å². The number of nitrogens with zero attached hydrogens (tertiary/aromatic N) is 3. The molecule has 6 rings (SSSR count). The molecule has 44 heavy (non-hydrogen) atoms. The molecular weight excluding hydrogens is 554 g/mol. The number of methoxy groups -OCH3 is 2. The van der Waals surface area contributed by atoms with Gasteiger partial charge in [-0.25, -0.2) is 14.6 Å². The van der Waals surface area contributed by atoms with Crippen LogP contribution in [0.5, 0.6) is 5.75 Å². The highest BCUT2D eigenvalue weighted by Crippen LogP contribution is 2.40. The first-order chi connectivity index (χ1) is 21.3. The minimum absolute atomic E-state index is 0.184. The number of anilines is 1. The molecule has 0 spiro atoms.